The minimum absolute atomic E-state index is 0.201. The van der Waals surface area contributed by atoms with E-state index in [0.717, 1.165) is 37.1 Å². The molecule has 0 radical (unpaired) electrons. The minimum Gasteiger partial charge on any atom is -0.370 e. The van der Waals surface area contributed by atoms with E-state index >= 15 is 0 Å². The van der Waals surface area contributed by atoms with Crippen molar-refractivity contribution < 1.29 is 4.79 Å². The summed E-state index contributed by atoms with van der Waals surface area (Å²) >= 11 is 5.74. The van der Waals surface area contributed by atoms with Crippen LogP contribution >= 0.6 is 11.6 Å². The molecule has 1 aliphatic rings. The van der Waals surface area contributed by atoms with E-state index in [1.165, 1.54) is 6.42 Å². The van der Waals surface area contributed by atoms with Gasteiger partial charge in [-0.1, -0.05) is 6.42 Å². The summed E-state index contributed by atoms with van der Waals surface area (Å²) in [5.41, 5.74) is 0.961. The van der Waals surface area contributed by atoms with Gasteiger partial charge in [0.05, 0.1) is 0 Å². The third-order valence-corrected chi connectivity index (χ3v) is 3.55. The number of hydrogen-bond acceptors (Lipinski definition) is 4. The van der Waals surface area contributed by atoms with E-state index in [4.69, 9.17) is 11.6 Å². The zero-order chi connectivity index (χ0) is 13.7. The minimum atomic E-state index is 0.201. The molecule has 0 atom stereocenters. The highest BCUT2D eigenvalue weighted by molar-refractivity contribution is 6.35. The molecule has 1 fully saturated rings. The van der Waals surface area contributed by atoms with Crippen LogP contribution in [0.2, 0.25) is 5.28 Å². The summed E-state index contributed by atoms with van der Waals surface area (Å²) in [5.74, 6) is 1.22. The maximum absolute atomic E-state index is 11.6. The molecule has 2 rings (SSSR count). The summed E-state index contributed by atoms with van der Waals surface area (Å²) in [6.45, 7) is 1.44. The van der Waals surface area contributed by atoms with Gasteiger partial charge in [0.1, 0.15) is 13.7 Å². The number of hydrogen-bond donors (Lipinski definition) is 2. The summed E-state index contributed by atoms with van der Waals surface area (Å²) in [6, 6.07) is 0. The van der Waals surface area contributed by atoms with Gasteiger partial charge in [-0.2, -0.15) is 0 Å². The second kappa shape index (κ2) is 6.75. The number of carbonyl (C=O) groups excluding carboxylic acids is 1. The lowest BCUT2D eigenvalue weighted by Gasteiger charge is -2.24. The molecule has 0 spiro atoms. The SMILES string of the molecule is Bc1cnc(Cl)nc1NCCCNC(=O)C1CCC1. The lowest BCUT2D eigenvalue weighted by Crippen LogP contribution is -2.35. The van der Waals surface area contributed by atoms with Crippen LogP contribution in [0.3, 0.4) is 0 Å². The van der Waals surface area contributed by atoms with Gasteiger partial charge in [-0.15, -0.1) is 0 Å². The second-order valence-corrected chi connectivity index (χ2v) is 5.21. The van der Waals surface area contributed by atoms with Crippen molar-refractivity contribution in [3.63, 3.8) is 0 Å². The molecule has 7 heteroatoms. The van der Waals surface area contributed by atoms with E-state index in [-0.39, 0.29) is 17.1 Å². The number of rotatable bonds is 6. The Morgan fingerprint density at radius 3 is 2.95 bits per heavy atom. The van der Waals surface area contributed by atoms with Gasteiger partial charge in [0.2, 0.25) is 11.2 Å². The molecule has 1 heterocycles. The number of halogens is 1. The number of carbonyl (C=O) groups is 1. The number of nitrogens with zero attached hydrogens (tertiary/aromatic N) is 2. The quantitative estimate of drug-likeness (QED) is 0.441. The van der Waals surface area contributed by atoms with Gasteiger partial charge in [-0.25, -0.2) is 9.97 Å². The van der Waals surface area contributed by atoms with Gasteiger partial charge in [-0.05, 0) is 36.3 Å². The summed E-state index contributed by atoms with van der Waals surface area (Å²) in [7, 11) is 1.93. The van der Waals surface area contributed by atoms with Gasteiger partial charge in [0, 0.05) is 25.2 Å². The Labute approximate surface area is 119 Å². The summed E-state index contributed by atoms with van der Waals surface area (Å²) < 4.78 is 0. The van der Waals surface area contributed by atoms with Crippen LogP contribution < -0.4 is 16.1 Å². The molecule has 2 N–H and O–H groups in total. The maximum atomic E-state index is 11.6. The zero-order valence-corrected chi connectivity index (χ0v) is 11.8. The van der Waals surface area contributed by atoms with Crippen molar-refractivity contribution in [3.05, 3.63) is 11.5 Å². The van der Waals surface area contributed by atoms with E-state index in [0.29, 0.717) is 6.54 Å². The molecule has 1 aromatic heterocycles. The van der Waals surface area contributed by atoms with Crippen molar-refractivity contribution in [1.82, 2.24) is 15.3 Å². The fourth-order valence-electron chi connectivity index (χ4n) is 1.92. The van der Waals surface area contributed by atoms with Crippen molar-refractivity contribution in [3.8, 4) is 0 Å². The first-order valence-electron chi connectivity index (χ1n) is 6.67. The lowest BCUT2D eigenvalue weighted by molar-refractivity contribution is -0.127. The number of anilines is 1. The maximum Gasteiger partial charge on any atom is 0.224 e. The molecule has 0 aliphatic heterocycles. The van der Waals surface area contributed by atoms with Crippen molar-refractivity contribution in [2.45, 2.75) is 25.7 Å². The predicted octanol–water partition coefficient (Wildman–Crippen LogP) is 0.107. The molecule has 19 heavy (non-hydrogen) atoms. The Bertz CT molecular complexity index is 453. The second-order valence-electron chi connectivity index (χ2n) is 4.87. The van der Waals surface area contributed by atoms with E-state index < -0.39 is 0 Å². The molecule has 1 aromatic rings. The normalized spacial score (nSPS) is 14.8. The monoisotopic (exact) mass is 280 g/mol. The number of aromatic nitrogens is 2. The van der Waals surface area contributed by atoms with Gasteiger partial charge in [0.25, 0.3) is 0 Å². The third kappa shape index (κ3) is 4.09. The first-order valence-corrected chi connectivity index (χ1v) is 7.05. The summed E-state index contributed by atoms with van der Waals surface area (Å²) in [6.07, 6.45) is 5.83. The Morgan fingerprint density at radius 2 is 2.26 bits per heavy atom. The Hall–Kier alpha value is -1.30. The summed E-state index contributed by atoms with van der Waals surface area (Å²) in [4.78, 5) is 19.6. The third-order valence-electron chi connectivity index (χ3n) is 3.36. The Morgan fingerprint density at radius 1 is 1.47 bits per heavy atom. The van der Waals surface area contributed by atoms with Crippen molar-refractivity contribution in [2.24, 2.45) is 5.92 Å². The highest BCUT2D eigenvalue weighted by atomic mass is 35.5. The first kappa shape index (κ1) is 14.1. The smallest absolute Gasteiger partial charge is 0.224 e. The molecule has 0 saturated heterocycles. The van der Waals surface area contributed by atoms with Gasteiger partial charge < -0.3 is 10.6 Å². The van der Waals surface area contributed by atoms with Crippen LogP contribution in [0.5, 0.6) is 0 Å². The highest BCUT2D eigenvalue weighted by Crippen LogP contribution is 2.25. The van der Waals surface area contributed by atoms with Crippen molar-refractivity contribution in [2.75, 3.05) is 18.4 Å². The molecule has 5 nitrogen and oxygen atoms in total. The van der Waals surface area contributed by atoms with Crippen molar-refractivity contribution >= 4 is 36.6 Å². The topological polar surface area (TPSA) is 66.9 Å². The zero-order valence-electron chi connectivity index (χ0n) is 11.1. The fraction of sp³-hybridized carbons (Fsp3) is 0.583. The molecule has 0 aromatic carbocycles. The van der Waals surface area contributed by atoms with Crippen LogP contribution in [0, 0.1) is 5.92 Å². The number of nitrogens with one attached hydrogen (secondary N) is 2. The molecular weight excluding hydrogens is 262 g/mol. The first-order chi connectivity index (χ1) is 9.16. The van der Waals surface area contributed by atoms with Gasteiger partial charge >= 0.3 is 0 Å². The standard InChI is InChI=1S/C12H18BClN4O/c13-9-7-17-12(14)18-10(9)15-5-2-6-16-11(19)8-3-1-4-8/h7-8H,1-6,13H2,(H,16,19)(H,15,17,18). The average molecular weight is 281 g/mol. The predicted molar refractivity (Wildman–Crippen MR) is 78.7 cm³/mol. The Kier molecular flexibility index (Phi) is 5.02. The van der Waals surface area contributed by atoms with E-state index in [1.807, 2.05) is 7.85 Å². The fourth-order valence-corrected chi connectivity index (χ4v) is 2.05. The van der Waals surface area contributed by atoms with Crippen LogP contribution in [0.15, 0.2) is 6.20 Å². The molecule has 1 amide bonds. The van der Waals surface area contributed by atoms with Crippen LogP contribution in [0.25, 0.3) is 0 Å². The van der Waals surface area contributed by atoms with Crippen LogP contribution in [-0.4, -0.2) is 36.8 Å². The van der Waals surface area contributed by atoms with Gasteiger partial charge in [-0.3, -0.25) is 4.79 Å². The van der Waals surface area contributed by atoms with E-state index in [2.05, 4.69) is 20.6 Å². The highest BCUT2D eigenvalue weighted by Gasteiger charge is 2.24. The molecule has 0 bridgehead atoms. The molecule has 1 aliphatic carbocycles. The van der Waals surface area contributed by atoms with Crippen molar-refractivity contribution in [1.29, 1.82) is 0 Å². The molecule has 1 saturated carbocycles. The molecule has 102 valence electrons. The average Bonchev–Trinajstić information content (AvgIpc) is 2.31. The lowest BCUT2D eigenvalue weighted by atomic mass is 9.85. The summed E-state index contributed by atoms with van der Waals surface area (Å²) in [5, 5.41) is 6.40. The molecule has 0 unspecified atom stereocenters. The largest absolute Gasteiger partial charge is 0.370 e. The number of amides is 1. The van der Waals surface area contributed by atoms with Crippen LogP contribution in [0.4, 0.5) is 5.82 Å². The molecular formula is C12H18BClN4O. The van der Waals surface area contributed by atoms with E-state index in [9.17, 15) is 4.79 Å². The van der Waals surface area contributed by atoms with Crippen LogP contribution in [-0.2, 0) is 4.79 Å². The Balaban J connectivity index is 1.63. The van der Waals surface area contributed by atoms with E-state index in [1.54, 1.807) is 6.20 Å². The van der Waals surface area contributed by atoms with Crippen LogP contribution in [0.1, 0.15) is 25.7 Å². The van der Waals surface area contributed by atoms with Gasteiger partial charge in [0.15, 0.2) is 0 Å².